The number of carbonyl (C=O) groups excluding carboxylic acids is 2. The lowest BCUT2D eigenvalue weighted by atomic mass is 10.1. The average molecular weight is 613 g/mol. The van der Waals surface area contributed by atoms with Crippen LogP contribution in [-0.2, 0) is 30.8 Å². The predicted molar refractivity (Wildman–Crippen MR) is 160 cm³/mol. The smallest absolute Gasteiger partial charge is 0.278 e. The quantitative estimate of drug-likeness (QED) is 0.360. The molecule has 1 amide bonds. The minimum absolute atomic E-state index is 0.0234. The van der Waals surface area contributed by atoms with Crippen LogP contribution >= 0.6 is 0 Å². The third kappa shape index (κ3) is 8.33. The fourth-order valence-corrected chi connectivity index (χ4v) is 5.77. The number of para-hydroxylation sites is 1. The molecule has 0 saturated carbocycles. The lowest BCUT2D eigenvalue weighted by Crippen LogP contribution is -2.35. The highest BCUT2D eigenvalue weighted by atomic mass is 32.2. The Hall–Kier alpha value is -3.95. The Bertz CT molecular complexity index is 1530. The first-order valence-electron chi connectivity index (χ1n) is 13.8. The summed E-state index contributed by atoms with van der Waals surface area (Å²) in [5.41, 5.74) is 8.05. The van der Waals surface area contributed by atoms with E-state index in [1.54, 1.807) is 24.3 Å². The van der Waals surface area contributed by atoms with Gasteiger partial charge in [-0.2, -0.15) is 4.31 Å². The minimum Gasteiger partial charge on any atom is -0.489 e. The van der Waals surface area contributed by atoms with E-state index in [9.17, 15) is 18.0 Å². The van der Waals surface area contributed by atoms with Crippen molar-refractivity contribution in [1.29, 1.82) is 0 Å². The molecule has 3 heterocycles. The molecule has 4 N–H and O–H groups in total. The van der Waals surface area contributed by atoms with Crippen molar-refractivity contribution in [2.75, 3.05) is 64.2 Å². The zero-order chi connectivity index (χ0) is 30.8. The van der Waals surface area contributed by atoms with Crippen LogP contribution < -0.4 is 21.1 Å². The predicted octanol–water partition coefficient (Wildman–Crippen LogP) is 2.09. The number of anilines is 2. The van der Waals surface area contributed by atoms with E-state index in [-0.39, 0.29) is 74.7 Å². The number of ketones is 1. The number of nitrogen functional groups attached to an aromatic ring is 1. The number of amides is 1. The summed E-state index contributed by atoms with van der Waals surface area (Å²) in [5, 5.41) is 5.92. The van der Waals surface area contributed by atoms with E-state index in [2.05, 4.69) is 20.6 Å². The Morgan fingerprint density at radius 2 is 1.79 bits per heavy atom. The number of aromatic nitrogens is 2. The van der Waals surface area contributed by atoms with Gasteiger partial charge in [-0.3, -0.25) is 9.59 Å². The summed E-state index contributed by atoms with van der Waals surface area (Å²) < 4.78 is 45.4. The number of hydrogen-bond acceptors (Lipinski definition) is 11. The number of benzene rings is 2. The highest BCUT2D eigenvalue weighted by molar-refractivity contribution is 7.89. The highest BCUT2D eigenvalue weighted by Gasteiger charge is 2.25. The number of ether oxygens (including phenoxy) is 3. The number of nitrogens with two attached hydrogens (primary N) is 1. The summed E-state index contributed by atoms with van der Waals surface area (Å²) in [4.78, 5) is 33.6. The van der Waals surface area contributed by atoms with Crippen LogP contribution in [0.3, 0.4) is 0 Å². The number of carbonyl (C=O) groups is 2. The van der Waals surface area contributed by atoms with Gasteiger partial charge in [0.1, 0.15) is 18.1 Å². The number of sulfonamides is 1. The number of Topliss-reactive ketones (excluding diaryl/α,β-unsaturated/α-hetero) is 1. The SMILES string of the molecule is CNCc1cccc2c1OCCOCCOCCN(CCC(C)=O)S(=O)(=O)c1ccc(cc1)-c1cnc(N)c(n1)C(=O)N2. The van der Waals surface area contributed by atoms with E-state index in [4.69, 9.17) is 19.9 Å². The molecule has 4 bridgehead atoms. The van der Waals surface area contributed by atoms with Crippen molar-refractivity contribution in [2.24, 2.45) is 0 Å². The first-order valence-corrected chi connectivity index (χ1v) is 15.2. The third-order valence-corrected chi connectivity index (χ3v) is 8.47. The molecule has 0 atom stereocenters. The van der Waals surface area contributed by atoms with Gasteiger partial charge >= 0.3 is 0 Å². The lowest BCUT2D eigenvalue weighted by Gasteiger charge is -2.22. The molecule has 0 radical (unpaired) electrons. The van der Waals surface area contributed by atoms with Crippen molar-refractivity contribution >= 4 is 33.2 Å². The maximum atomic E-state index is 13.4. The lowest BCUT2D eigenvalue weighted by molar-refractivity contribution is -0.117. The number of fused-ring (bicyclic) bond motifs is 13. The van der Waals surface area contributed by atoms with Crippen molar-refractivity contribution in [2.45, 2.75) is 24.8 Å². The van der Waals surface area contributed by atoms with Crippen LogP contribution in [0.15, 0.2) is 53.6 Å². The number of nitrogens with one attached hydrogen (secondary N) is 2. The largest absolute Gasteiger partial charge is 0.489 e. The van der Waals surface area contributed by atoms with Gasteiger partial charge in [-0.05, 0) is 32.2 Å². The third-order valence-electron chi connectivity index (χ3n) is 6.56. The molecule has 0 unspecified atom stereocenters. The molecule has 0 saturated heterocycles. The summed E-state index contributed by atoms with van der Waals surface area (Å²) in [6, 6.07) is 11.4. The van der Waals surface area contributed by atoms with Gasteiger partial charge in [0.25, 0.3) is 5.91 Å². The number of rotatable bonds is 5. The zero-order valence-electron chi connectivity index (χ0n) is 24.2. The Kier molecular flexibility index (Phi) is 11.1. The Morgan fingerprint density at radius 1 is 1.07 bits per heavy atom. The van der Waals surface area contributed by atoms with E-state index in [0.717, 1.165) is 5.56 Å². The summed E-state index contributed by atoms with van der Waals surface area (Å²) in [6.07, 6.45) is 1.48. The molecular formula is C29H36N6O7S. The van der Waals surface area contributed by atoms with E-state index in [1.807, 2.05) is 13.1 Å². The first kappa shape index (κ1) is 32.0. The molecule has 43 heavy (non-hydrogen) atoms. The Balaban J connectivity index is 1.68. The number of nitrogens with zero attached hydrogens (tertiary/aromatic N) is 3. The molecule has 5 rings (SSSR count). The summed E-state index contributed by atoms with van der Waals surface area (Å²) in [6.45, 7) is 3.09. The maximum Gasteiger partial charge on any atom is 0.278 e. The van der Waals surface area contributed by atoms with E-state index in [1.165, 1.54) is 29.6 Å². The molecule has 0 fully saturated rings. The van der Waals surface area contributed by atoms with Crippen LogP contribution in [0.5, 0.6) is 5.75 Å². The topological polar surface area (TPSA) is 175 Å². The van der Waals surface area contributed by atoms with Crippen LogP contribution in [0, 0.1) is 0 Å². The Labute approximate surface area is 250 Å². The van der Waals surface area contributed by atoms with E-state index < -0.39 is 15.9 Å². The molecule has 2 aliphatic rings. The van der Waals surface area contributed by atoms with E-state index >= 15 is 0 Å². The Morgan fingerprint density at radius 3 is 2.51 bits per heavy atom. The van der Waals surface area contributed by atoms with Crippen LogP contribution in [0.1, 0.15) is 29.4 Å². The van der Waals surface area contributed by atoms with Gasteiger partial charge in [-0.25, -0.2) is 18.4 Å². The van der Waals surface area contributed by atoms with Crippen molar-refractivity contribution in [3.05, 3.63) is 59.9 Å². The fourth-order valence-electron chi connectivity index (χ4n) is 4.34. The molecule has 2 aliphatic heterocycles. The van der Waals surface area contributed by atoms with Crippen molar-refractivity contribution in [1.82, 2.24) is 19.6 Å². The van der Waals surface area contributed by atoms with Gasteiger partial charge in [-0.1, -0.05) is 24.3 Å². The standard InChI is InChI=1S/C29H36N6O7S/c1-20(36)10-11-35-12-13-40-14-15-41-16-17-42-27-22(18-31-2)4-3-5-24(27)34-29(37)26-28(30)32-19-25(33-26)21-6-8-23(9-7-21)43(35,38)39/h3-9,19,31H,10-18H2,1-2H3,(H2,30,32)(H,34,37). The molecule has 2 aromatic carbocycles. The molecule has 13 nitrogen and oxygen atoms in total. The van der Waals surface area contributed by atoms with Gasteiger partial charge in [0.2, 0.25) is 10.0 Å². The molecule has 3 aromatic rings. The molecule has 14 heteroatoms. The minimum atomic E-state index is -3.93. The first-order chi connectivity index (χ1) is 20.7. The van der Waals surface area contributed by atoms with Crippen LogP contribution in [0.25, 0.3) is 11.3 Å². The molecular weight excluding hydrogens is 576 g/mol. The summed E-state index contributed by atoms with van der Waals surface area (Å²) >= 11 is 0. The monoisotopic (exact) mass is 612 g/mol. The van der Waals surface area contributed by atoms with Gasteiger partial charge in [0, 0.05) is 37.2 Å². The molecule has 0 spiro atoms. The zero-order valence-corrected chi connectivity index (χ0v) is 25.0. The van der Waals surface area contributed by atoms with E-state index in [0.29, 0.717) is 29.2 Å². The van der Waals surface area contributed by atoms with Crippen molar-refractivity contribution in [3.63, 3.8) is 0 Å². The summed E-state index contributed by atoms with van der Waals surface area (Å²) in [5.74, 6) is -0.297. The molecule has 0 aliphatic carbocycles. The molecule has 1 aromatic heterocycles. The van der Waals surface area contributed by atoms with Gasteiger partial charge in [-0.15, -0.1) is 0 Å². The fraction of sp³-hybridized carbons (Fsp3) is 0.379. The average Bonchev–Trinajstić information content (AvgIpc) is 2.98. The van der Waals surface area contributed by atoms with Crippen molar-refractivity contribution < 1.29 is 32.2 Å². The van der Waals surface area contributed by atoms with Gasteiger partial charge in [0.15, 0.2) is 11.5 Å². The van der Waals surface area contributed by atoms with Crippen LogP contribution in [0.2, 0.25) is 0 Å². The van der Waals surface area contributed by atoms with Gasteiger partial charge in [0.05, 0.1) is 48.9 Å². The van der Waals surface area contributed by atoms with Crippen LogP contribution in [0.4, 0.5) is 11.5 Å². The second-order valence-corrected chi connectivity index (χ2v) is 11.7. The van der Waals surface area contributed by atoms with Crippen LogP contribution in [-0.4, -0.2) is 87.6 Å². The molecule has 230 valence electrons. The second kappa shape index (κ2) is 15.0. The summed E-state index contributed by atoms with van der Waals surface area (Å²) in [7, 11) is -2.12. The van der Waals surface area contributed by atoms with Gasteiger partial charge < -0.3 is 30.6 Å². The van der Waals surface area contributed by atoms with Crippen molar-refractivity contribution in [3.8, 4) is 17.0 Å². The maximum absolute atomic E-state index is 13.4. The number of hydrogen-bond donors (Lipinski definition) is 3. The second-order valence-electron chi connectivity index (χ2n) is 9.72. The normalized spacial score (nSPS) is 16.7. The highest BCUT2D eigenvalue weighted by Crippen LogP contribution is 2.30.